The Morgan fingerprint density at radius 2 is 2.00 bits per heavy atom. The number of aryl methyl sites for hydroxylation is 1. The molecule has 3 N–H and O–H groups in total. The molecule has 1 aromatic heterocycles. The van der Waals surface area contributed by atoms with Crippen LogP contribution in [0.5, 0.6) is 0 Å². The Balaban J connectivity index is 0.000000383. The fourth-order valence-electron chi connectivity index (χ4n) is 3.46. The van der Waals surface area contributed by atoms with E-state index >= 15 is 0 Å². The van der Waals surface area contributed by atoms with Gasteiger partial charge in [-0.2, -0.15) is 18.0 Å². The van der Waals surface area contributed by atoms with E-state index in [4.69, 9.17) is 9.90 Å². The van der Waals surface area contributed by atoms with Crippen molar-refractivity contribution in [3.63, 3.8) is 0 Å². The summed E-state index contributed by atoms with van der Waals surface area (Å²) in [4.78, 5) is 25.6. The monoisotopic (exact) mass is 469 g/mol. The zero-order chi connectivity index (χ0) is 24.0. The molecule has 1 aliphatic carbocycles. The van der Waals surface area contributed by atoms with E-state index in [1.807, 2.05) is 19.1 Å². The molecule has 0 spiro atoms. The van der Waals surface area contributed by atoms with Crippen molar-refractivity contribution in [3.8, 4) is 0 Å². The van der Waals surface area contributed by atoms with Gasteiger partial charge in [-0.1, -0.05) is 18.2 Å². The number of nitrogens with one attached hydrogen (secondary N) is 2. The Morgan fingerprint density at radius 3 is 2.58 bits per heavy atom. The number of hydrogen-bond acceptors (Lipinski definition) is 7. The number of anilines is 1. The molecule has 0 saturated heterocycles. The third kappa shape index (κ3) is 6.40. The first-order valence-corrected chi connectivity index (χ1v) is 10.6. The number of carbonyl (C=O) groups is 2. The maximum absolute atomic E-state index is 13.1. The normalized spacial score (nSPS) is 17.3. The van der Waals surface area contributed by atoms with E-state index in [2.05, 4.69) is 43.1 Å². The number of carboxylic acid groups (broad SMARTS) is 1. The number of carboxylic acids is 1. The Kier molecular flexibility index (Phi) is 7.84. The molecule has 0 radical (unpaired) electrons. The Labute approximate surface area is 188 Å². The van der Waals surface area contributed by atoms with Crippen LogP contribution in [0, 0.1) is 0 Å². The zero-order valence-electron chi connectivity index (χ0n) is 18.0. The molecule has 1 amide bonds. The average molecular weight is 469 g/mol. The van der Waals surface area contributed by atoms with Gasteiger partial charge in [-0.15, -0.1) is 10.2 Å². The van der Waals surface area contributed by atoms with Crippen molar-refractivity contribution in [1.82, 2.24) is 30.4 Å². The number of carbonyl (C=O) groups excluding carboxylic acids is 1. The van der Waals surface area contributed by atoms with Crippen LogP contribution in [0.3, 0.4) is 0 Å². The molecule has 1 fully saturated rings. The summed E-state index contributed by atoms with van der Waals surface area (Å²) < 4.78 is 31.7. The minimum absolute atomic E-state index is 0.0234. The number of tetrazole rings is 1. The molecule has 2 heterocycles. The van der Waals surface area contributed by atoms with Gasteiger partial charge in [-0.3, -0.25) is 9.69 Å². The van der Waals surface area contributed by atoms with Crippen LogP contribution in [0.25, 0.3) is 0 Å². The van der Waals surface area contributed by atoms with Gasteiger partial charge in [0.25, 0.3) is 0 Å². The van der Waals surface area contributed by atoms with Gasteiger partial charge in [0.15, 0.2) is 6.04 Å². The highest BCUT2D eigenvalue weighted by molar-refractivity contribution is 5.82. The first kappa shape index (κ1) is 24.4. The van der Waals surface area contributed by atoms with Gasteiger partial charge in [0.1, 0.15) is 0 Å². The predicted octanol–water partition coefficient (Wildman–Crippen LogP) is 1.96. The van der Waals surface area contributed by atoms with Crippen molar-refractivity contribution < 1.29 is 27.9 Å². The van der Waals surface area contributed by atoms with Crippen LogP contribution < -0.4 is 10.6 Å². The number of aliphatic carboxylic acids is 1. The summed E-state index contributed by atoms with van der Waals surface area (Å²) in [5.74, 6) is -2.31. The number of aromatic nitrogens is 4. The molecule has 1 aromatic carbocycles. The van der Waals surface area contributed by atoms with Crippen molar-refractivity contribution in [2.24, 2.45) is 0 Å². The standard InChI is InChI=1S/C18H25N7O.C2HF3O2/c1-2-25-22-17(21-23-25)16(18(26)20-14-7-5-8-14)24-11-10-19-15-9-4-3-6-13(15)12-24;3-2(4,5)1(6)7/h3-4,6,9,14,16,19H,2,5,7-8,10-12H2,1H3,(H,20,26);(H,6,7). The van der Waals surface area contributed by atoms with Crippen LogP contribution in [-0.2, 0) is 22.7 Å². The second-order valence-corrected chi connectivity index (χ2v) is 7.73. The third-order valence-corrected chi connectivity index (χ3v) is 5.41. The number of fused-ring (bicyclic) bond motifs is 1. The largest absolute Gasteiger partial charge is 0.490 e. The number of alkyl halides is 3. The van der Waals surface area contributed by atoms with Gasteiger partial charge in [0.2, 0.25) is 11.7 Å². The number of rotatable bonds is 5. The number of para-hydroxylation sites is 1. The highest BCUT2D eigenvalue weighted by atomic mass is 19.4. The van der Waals surface area contributed by atoms with Crippen molar-refractivity contribution >= 4 is 17.6 Å². The van der Waals surface area contributed by atoms with E-state index < -0.39 is 18.2 Å². The molecule has 1 atom stereocenters. The van der Waals surface area contributed by atoms with Crippen molar-refractivity contribution in [1.29, 1.82) is 0 Å². The summed E-state index contributed by atoms with van der Waals surface area (Å²) in [6, 6.07) is 7.98. The molecule has 1 saturated carbocycles. The topological polar surface area (TPSA) is 125 Å². The maximum atomic E-state index is 13.1. The van der Waals surface area contributed by atoms with Gasteiger partial charge in [0, 0.05) is 31.4 Å². The smallest absolute Gasteiger partial charge is 0.475 e. The summed E-state index contributed by atoms with van der Waals surface area (Å²) in [5.41, 5.74) is 2.30. The Morgan fingerprint density at radius 1 is 1.30 bits per heavy atom. The van der Waals surface area contributed by atoms with Crippen LogP contribution in [-0.4, -0.2) is 67.4 Å². The van der Waals surface area contributed by atoms with Crippen molar-refractivity contribution in [3.05, 3.63) is 35.7 Å². The van der Waals surface area contributed by atoms with Gasteiger partial charge >= 0.3 is 12.1 Å². The quantitative estimate of drug-likeness (QED) is 0.607. The van der Waals surface area contributed by atoms with Crippen LogP contribution in [0.4, 0.5) is 18.9 Å². The number of halogens is 3. The van der Waals surface area contributed by atoms with E-state index in [0.717, 1.165) is 31.6 Å². The molecule has 180 valence electrons. The summed E-state index contributed by atoms with van der Waals surface area (Å²) in [6.07, 6.45) is -1.79. The van der Waals surface area contributed by atoms with Gasteiger partial charge in [-0.25, -0.2) is 4.79 Å². The summed E-state index contributed by atoms with van der Waals surface area (Å²) in [7, 11) is 0. The number of amides is 1. The molecule has 1 unspecified atom stereocenters. The first-order valence-electron chi connectivity index (χ1n) is 10.6. The minimum Gasteiger partial charge on any atom is -0.475 e. The SMILES string of the molecule is CCn1nnc(C(C(=O)NC2CCC2)N2CCNc3ccccc3C2)n1.O=C(O)C(F)(F)F. The molecule has 1 aliphatic heterocycles. The molecule has 4 rings (SSSR count). The number of benzene rings is 1. The fourth-order valence-corrected chi connectivity index (χ4v) is 3.46. The second kappa shape index (κ2) is 10.6. The van der Waals surface area contributed by atoms with Crippen LogP contribution >= 0.6 is 0 Å². The number of nitrogens with zero attached hydrogens (tertiary/aromatic N) is 5. The van der Waals surface area contributed by atoms with E-state index in [-0.39, 0.29) is 11.9 Å². The van der Waals surface area contributed by atoms with E-state index in [1.165, 1.54) is 16.8 Å². The summed E-state index contributed by atoms with van der Waals surface area (Å²) in [6.45, 7) is 4.77. The predicted molar refractivity (Wildman–Crippen MR) is 111 cm³/mol. The van der Waals surface area contributed by atoms with E-state index in [9.17, 15) is 18.0 Å². The lowest BCUT2D eigenvalue weighted by Crippen LogP contribution is -2.47. The molecule has 13 heteroatoms. The van der Waals surface area contributed by atoms with Gasteiger partial charge in [-0.05, 0) is 43.0 Å². The summed E-state index contributed by atoms with van der Waals surface area (Å²) in [5, 5.41) is 26.4. The van der Waals surface area contributed by atoms with Crippen LogP contribution in [0.2, 0.25) is 0 Å². The average Bonchev–Trinajstić information content (AvgIpc) is 3.10. The zero-order valence-corrected chi connectivity index (χ0v) is 18.0. The lowest BCUT2D eigenvalue weighted by atomic mass is 9.93. The molecule has 0 bridgehead atoms. The molecule has 2 aliphatic rings. The van der Waals surface area contributed by atoms with E-state index in [1.54, 1.807) is 0 Å². The minimum atomic E-state index is -5.08. The highest BCUT2D eigenvalue weighted by Gasteiger charge is 2.38. The molecule has 2 aromatic rings. The van der Waals surface area contributed by atoms with Crippen molar-refractivity contribution in [2.75, 3.05) is 18.4 Å². The molecule has 10 nitrogen and oxygen atoms in total. The molecular formula is C20H26F3N7O3. The Bertz CT molecular complexity index is 962. The van der Waals surface area contributed by atoms with E-state index in [0.29, 0.717) is 18.9 Å². The molecular weight excluding hydrogens is 443 g/mol. The van der Waals surface area contributed by atoms with Gasteiger partial charge < -0.3 is 15.7 Å². The first-order chi connectivity index (χ1) is 15.7. The maximum Gasteiger partial charge on any atom is 0.490 e. The lowest BCUT2D eigenvalue weighted by molar-refractivity contribution is -0.192. The van der Waals surface area contributed by atoms with Crippen molar-refractivity contribution in [2.45, 2.75) is 57.5 Å². The fraction of sp³-hybridized carbons (Fsp3) is 0.550. The summed E-state index contributed by atoms with van der Waals surface area (Å²) >= 11 is 0. The molecule has 33 heavy (non-hydrogen) atoms. The van der Waals surface area contributed by atoms with Crippen LogP contribution in [0.15, 0.2) is 24.3 Å². The highest BCUT2D eigenvalue weighted by Crippen LogP contribution is 2.27. The second-order valence-electron chi connectivity index (χ2n) is 7.73. The number of hydrogen-bond donors (Lipinski definition) is 3. The lowest BCUT2D eigenvalue weighted by Gasteiger charge is -2.32. The third-order valence-electron chi connectivity index (χ3n) is 5.41. The van der Waals surface area contributed by atoms with Crippen LogP contribution in [0.1, 0.15) is 43.6 Å². The Hall–Kier alpha value is -3.22. The van der Waals surface area contributed by atoms with Gasteiger partial charge in [0.05, 0.1) is 6.54 Å².